The molecule has 1 amide bonds. The van der Waals surface area contributed by atoms with E-state index >= 15 is 0 Å². The summed E-state index contributed by atoms with van der Waals surface area (Å²) in [6.45, 7) is 3.08. The number of nitrogens with zero attached hydrogens (tertiary/aromatic N) is 2. The maximum absolute atomic E-state index is 12.4. The second kappa shape index (κ2) is 5.21. The molecule has 1 N–H and O–H groups in total. The van der Waals surface area contributed by atoms with Crippen molar-refractivity contribution in [3.05, 3.63) is 29.8 Å². The molecule has 1 aromatic carbocycles. The number of anilines is 1. The van der Waals surface area contributed by atoms with Gasteiger partial charge >= 0.3 is 0 Å². The van der Waals surface area contributed by atoms with Crippen LogP contribution in [-0.2, 0) is 0 Å². The molecule has 0 spiro atoms. The molecule has 0 atom stereocenters. The molecule has 0 aromatic heterocycles. The van der Waals surface area contributed by atoms with Gasteiger partial charge in [0.1, 0.15) is 0 Å². The lowest BCUT2D eigenvalue weighted by Crippen LogP contribution is -2.45. The van der Waals surface area contributed by atoms with Crippen LogP contribution in [0.25, 0.3) is 0 Å². The van der Waals surface area contributed by atoms with Gasteiger partial charge in [-0.2, -0.15) is 0 Å². The first kappa shape index (κ1) is 13.9. The summed E-state index contributed by atoms with van der Waals surface area (Å²) in [7, 11) is 3.92. The number of likely N-dealkylation sites (tertiary alicyclic amines) is 1. The van der Waals surface area contributed by atoms with Crippen LogP contribution < -0.4 is 4.90 Å². The second-order valence-electron chi connectivity index (χ2n) is 5.73. The summed E-state index contributed by atoms with van der Waals surface area (Å²) in [6, 6.07) is 7.65. The molecule has 0 aliphatic carbocycles. The zero-order valence-electron chi connectivity index (χ0n) is 11.9. The highest BCUT2D eigenvalue weighted by Gasteiger charge is 2.29. The van der Waals surface area contributed by atoms with Crippen molar-refractivity contribution < 1.29 is 9.90 Å². The van der Waals surface area contributed by atoms with Crippen molar-refractivity contribution in [2.45, 2.75) is 25.4 Å². The molecule has 1 aromatic rings. The summed E-state index contributed by atoms with van der Waals surface area (Å²) >= 11 is 0. The summed E-state index contributed by atoms with van der Waals surface area (Å²) in [5, 5.41) is 9.92. The molecule has 1 aliphatic heterocycles. The predicted molar refractivity (Wildman–Crippen MR) is 76.5 cm³/mol. The minimum atomic E-state index is -0.623. The topological polar surface area (TPSA) is 43.8 Å². The Morgan fingerprint density at radius 3 is 2.53 bits per heavy atom. The van der Waals surface area contributed by atoms with Gasteiger partial charge in [0.25, 0.3) is 5.91 Å². The van der Waals surface area contributed by atoms with Gasteiger partial charge in [0.05, 0.1) is 5.60 Å². The predicted octanol–water partition coefficient (Wildman–Crippen LogP) is 1.74. The van der Waals surface area contributed by atoms with Crippen molar-refractivity contribution in [1.29, 1.82) is 0 Å². The molecule has 0 unspecified atom stereocenters. The summed E-state index contributed by atoms with van der Waals surface area (Å²) < 4.78 is 0. The third kappa shape index (κ3) is 3.26. The van der Waals surface area contributed by atoms with Crippen LogP contribution >= 0.6 is 0 Å². The third-order valence-corrected chi connectivity index (χ3v) is 3.74. The number of hydrogen-bond acceptors (Lipinski definition) is 3. The van der Waals surface area contributed by atoms with Gasteiger partial charge in [-0.3, -0.25) is 4.79 Å². The minimum Gasteiger partial charge on any atom is -0.390 e. The number of hydrogen-bond donors (Lipinski definition) is 1. The third-order valence-electron chi connectivity index (χ3n) is 3.74. The number of aliphatic hydroxyl groups is 1. The largest absolute Gasteiger partial charge is 0.390 e. The van der Waals surface area contributed by atoms with Gasteiger partial charge < -0.3 is 14.9 Å². The van der Waals surface area contributed by atoms with Gasteiger partial charge in [0, 0.05) is 38.4 Å². The van der Waals surface area contributed by atoms with E-state index in [1.165, 1.54) is 0 Å². The van der Waals surface area contributed by atoms with E-state index in [0.29, 0.717) is 31.5 Å². The fourth-order valence-corrected chi connectivity index (χ4v) is 2.29. The number of amides is 1. The van der Waals surface area contributed by atoms with Crippen molar-refractivity contribution in [2.75, 3.05) is 32.1 Å². The smallest absolute Gasteiger partial charge is 0.253 e. The normalized spacial score (nSPS) is 18.2. The van der Waals surface area contributed by atoms with Gasteiger partial charge in [-0.15, -0.1) is 0 Å². The van der Waals surface area contributed by atoms with E-state index in [0.717, 1.165) is 5.69 Å². The Bertz CT molecular complexity index is 459. The van der Waals surface area contributed by atoms with Crippen LogP contribution in [-0.4, -0.2) is 48.7 Å². The molecule has 1 heterocycles. The van der Waals surface area contributed by atoms with E-state index in [1.54, 1.807) is 0 Å². The maximum atomic E-state index is 12.4. The summed E-state index contributed by atoms with van der Waals surface area (Å²) in [5.74, 6) is 0.0548. The SMILES string of the molecule is CN(C)c1cccc(C(=O)N2CCC(C)(O)CC2)c1. The Balaban J connectivity index is 2.10. The van der Waals surface area contributed by atoms with E-state index in [-0.39, 0.29) is 5.91 Å². The second-order valence-corrected chi connectivity index (χ2v) is 5.73. The average molecular weight is 262 g/mol. The number of benzene rings is 1. The van der Waals surface area contributed by atoms with E-state index in [9.17, 15) is 9.90 Å². The first-order valence-electron chi connectivity index (χ1n) is 6.68. The van der Waals surface area contributed by atoms with E-state index in [4.69, 9.17) is 0 Å². The zero-order valence-corrected chi connectivity index (χ0v) is 11.9. The van der Waals surface area contributed by atoms with Gasteiger partial charge in [0.2, 0.25) is 0 Å². The quantitative estimate of drug-likeness (QED) is 0.883. The fourth-order valence-electron chi connectivity index (χ4n) is 2.29. The highest BCUT2D eigenvalue weighted by molar-refractivity contribution is 5.95. The van der Waals surface area contributed by atoms with E-state index in [1.807, 2.05) is 55.1 Å². The van der Waals surface area contributed by atoms with Crippen LogP contribution in [0.3, 0.4) is 0 Å². The van der Waals surface area contributed by atoms with Crippen molar-refractivity contribution in [2.24, 2.45) is 0 Å². The van der Waals surface area contributed by atoms with Gasteiger partial charge in [-0.25, -0.2) is 0 Å². The molecule has 1 aliphatic rings. The van der Waals surface area contributed by atoms with Crippen LogP contribution in [0.5, 0.6) is 0 Å². The zero-order chi connectivity index (χ0) is 14.0. The highest BCUT2D eigenvalue weighted by Crippen LogP contribution is 2.23. The number of rotatable bonds is 2. The van der Waals surface area contributed by atoms with Gasteiger partial charge in [-0.1, -0.05) is 6.07 Å². The number of carbonyl (C=O) groups is 1. The monoisotopic (exact) mass is 262 g/mol. The summed E-state index contributed by atoms with van der Waals surface area (Å²) in [5.41, 5.74) is 1.12. The summed E-state index contributed by atoms with van der Waals surface area (Å²) in [4.78, 5) is 16.2. The van der Waals surface area contributed by atoms with Crippen LogP contribution in [0.15, 0.2) is 24.3 Å². The van der Waals surface area contributed by atoms with E-state index in [2.05, 4.69) is 0 Å². The minimum absolute atomic E-state index is 0.0548. The van der Waals surface area contributed by atoms with Crippen LogP contribution in [0, 0.1) is 0 Å². The lowest BCUT2D eigenvalue weighted by atomic mass is 9.93. The fraction of sp³-hybridized carbons (Fsp3) is 0.533. The van der Waals surface area contributed by atoms with Gasteiger partial charge in [-0.05, 0) is 38.0 Å². The molecule has 0 saturated carbocycles. The molecule has 19 heavy (non-hydrogen) atoms. The Hall–Kier alpha value is -1.55. The Kier molecular flexibility index (Phi) is 3.80. The Morgan fingerprint density at radius 2 is 1.95 bits per heavy atom. The van der Waals surface area contributed by atoms with Crippen LogP contribution in [0.1, 0.15) is 30.1 Å². The Labute approximate surface area is 114 Å². The molecule has 104 valence electrons. The molecular weight excluding hydrogens is 240 g/mol. The highest BCUT2D eigenvalue weighted by atomic mass is 16.3. The number of carbonyl (C=O) groups excluding carboxylic acids is 1. The van der Waals surface area contributed by atoms with Crippen molar-refractivity contribution in [1.82, 2.24) is 4.90 Å². The van der Waals surface area contributed by atoms with Crippen LogP contribution in [0.2, 0.25) is 0 Å². The van der Waals surface area contributed by atoms with Crippen LogP contribution in [0.4, 0.5) is 5.69 Å². The molecule has 4 nitrogen and oxygen atoms in total. The summed E-state index contributed by atoms with van der Waals surface area (Å²) in [6.07, 6.45) is 1.29. The lowest BCUT2D eigenvalue weighted by Gasteiger charge is -2.35. The van der Waals surface area contributed by atoms with Crippen molar-refractivity contribution in [3.8, 4) is 0 Å². The Morgan fingerprint density at radius 1 is 1.32 bits per heavy atom. The first-order valence-corrected chi connectivity index (χ1v) is 6.68. The van der Waals surface area contributed by atoms with Gasteiger partial charge in [0.15, 0.2) is 0 Å². The molecule has 0 radical (unpaired) electrons. The molecule has 1 saturated heterocycles. The molecule has 0 bridgehead atoms. The molecular formula is C15H22N2O2. The standard InChI is InChI=1S/C15H22N2O2/c1-15(19)7-9-17(10-8-15)14(18)12-5-4-6-13(11-12)16(2)3/h4-6,11,19H,7-10H2,1-3H3. The molecule has 2 rings (SSSR count). The maximum Gasteiger partial charge on any atom is 0.253 e. The lowest BCUT2D eigenvalue weighted by molar-refractivity contribution is -0.00202. The average Bonchev–Trinajstić information content (AvgIpc) is 2.38. The van der Waals surface area contributed by atoms with Crippen molar-refractivity contribution in [3.63, 3.8) is 0 Å². The van der Waals surface area contributed by atoms with E-state index < -0.39 is 5.60 Å². The molecule has 1 fully saturated rings. The first-order chi connectivity index (χ1) is 8.89. The van der Waals surface area contributed by atoms with Crippen molar-refractivity contribution >= 4 is 11.6 Å². The molecule has 4 heteroatoms. The number of piperidine rings is 1.